The number of aldehydes is 1. The van der Waals surface area contributed by atoms with E-state index in [2.05, 4.69) is 24.3 Å². The van der Waals surface area contributed by atoms with Gasteiger partial charge in [-0.3, -0.25) is 0 Å². The van der Waals surface area contributed by atoms with Gasteiger partial charge in [0.2, 0.25) is 0 Å². The molecule has 0 aromatic carbocycles. The third kappa shape index (κ3) is 1.90. The van der Waals surface area contributed by atoms with Crippen LogP contribution in [0.3, 0.4) is 0 Å². The molecule has 0 radical (unpaired) electrons. The Hall–Kier alpha value is -0.851. The van der Waals surface area contributed by atoms with Crippen LogP contribution in [0.2, 0.25) is 0 Å². The van der Waals surface area contributed by atoms with Crippen LogP contribution in [0, 0.1) is 0 Å². The third-order valence-corrected chi connectivity index (χ3v) is 3.60. The van der Waals surface area contributed by atoms with Gasteiger partial charge in [-0.15, -0.1) is 0 Å². The van der Waals surface area contributed by atoms with Crippen LogP contribution in [0.5, 0.6) is 0 Å². The first-order valence-corrected chi connectivity index (χ1v) is 5.33. The van der Waals surface area contributed by atoms with E-state index in [-0.39, 0.29) is 0 Å². The average molecular weight is 214 g/mol. The molecule has 2 aliphatic carbocycles. The molecular formula is C11H10FeO. The molecule has 13 heavy (non-hydrogen) atoms. The predicted octanol–water partition coefficient (Wildman–Crippen LogP) is 2.33. The number of carbonyl (C=O) groups is 1. The zero-order chi connectivity index (χ0) is 9.10. The maximum absolute atomic E-state index is 10.6. The van der Waals surface area contributed by atoms with Crippen LogP contribution in [0.15, 0.2) is 44.9 Å². The van der Waals surface area contributed by atoms with Crippen molar-refractivity contribution in [2.24, 2.45) is 0 Å². The van der Waals surface area contributed by atoms with E-state index in [1.807, 2.05) is 6.08 Å². The number of allylic oxidation sites excluding steroid dienone is 8. The molecule has 0 amide bonds. The summed E-state index contributed by atoms with van der Waals surface area (Å²) in [7, 11) is 0. The van der Waals surface area contributed by atoms with Crippen molar-refractivity contribution < 1.29 is 19.8 Å². The van der Waals surface area contributed by atoms with E-state index in [1.165, 1.54) is 8.94 Å². The molecule has 2 heteroatoms. The molecule has 0 aromatic rings. The van der Waals surface area contributed by atoms with Crippen molar-refractivity contribution in [1.29, 1.82) is 0 Å². The van der Waals surface area contributed by atoms with Crippen molar-refractivity contribution >= 4 is 6.29 Å². The van der Waals surface area contributed by atoms with Gasteiger partial charge < -0.3 is 0 Å². The molecule has 0 saturated heterocycles. The Morgan fingerprint density at radius 1 is 1.31 bits per heavy atom. The third-order valence-electron chi connectivity index (χ3n) is 1.96. The summed E-state index contributed by atoms with van der Waals surface area (Å²) in [6.45, 7) is 0. The molecule has 0 heterocycles. The second-order valence-corrected chi connectivity index (χ2v) is 4.54. The van der Waals surface area contributed by atoms with Gasteiger partial charge in [-0.25, -0.2) is 0 Å². The number of rotatable bonds is 3. The molecular weight excluding hydrogens is 204 g/mol. The van der Waals surface area contributed by atoms with Crippen LogP contribution >= 0.6 is 0 Å². The van der Waals surface area contributed by atoms with Crippen LogP contribution in [-0.4, -0.2) is 6.29 Å². The molecule has 0 fully saturated rings. The van der Waals surface area contributed by atoms with E-state index >= 15 is 0 Å². The molecule has 0 saturated carbocycles. The summed E-state index contributed by atoms with van der Waals surface area (Å²) in [5, 5.41) is 0. The monoisotopic (exact) mass is 214 g/mol. The zero-order valence-corrected chi connectivity index (χ0v) is 8.24. The van der Waals surface area contributed by atoms with Gasteiger partial charge in [0.15, 0.2) is 0 Å². The van der Waals surface area contributed by atoms with Gasteiger partial charge in [0.1, 0.15) is 0 Å². The molecule has 2 rings (SSSR count). The Kier molecular flexibility index (Phi) is 2.62. The fraction of sp³-hybridized carbons (Fsp3) is 0.182. The minimum absolute atomic E-state index is 0.882. The topological polar surface area (TPSA) is 17.1 Å². The molecule has 0 N–H and O–H groups in total. The van der Waals surface area contributed by atoms with E-state index in [9.17, 15) is 4.79 Å². The standard InChI is InChI=1S/C6H5O.C5H5.Fe/c7-5-6-3-1-2-4-6;1-2-4-5-3-1;/h1,3,5H,2H2;1-3H,4H2;. The van der Waals surface area contributed by atoms with E-state index in [1.54, 1.807) is 0 Å². The van der Waals surface area contributed by atoms with Gasteiger partial charge in [-0.2, -0.15) is 0 Å². The van der Waals surface area contributed by atoms with Crippen LogP contribution in [-0.2, 0) is 19.8 Å². The molecule has 68 valence electrons. The van der Waals surface area contributed by atoms with Gasteiger partial charge in [-0.05, 0) is 0 Å². The van der Waals surface area contributed by atoms with Crippen molar-refractivity contribution in [2.75, 3.05) is 0 Å². The first-order valence-electron chi connectivity index (χ1n) is 4.23. The number of hydrogen-bond donors (Lipinski definition) is 0. The minimum atomic E-state index is 0.882. The molecule has 0 spiro atoms. The fourth-order valence-corrected chi connectivity index (χ4v) is 2.73. The normalized spacial score (nSPS) is 20.2. The maximum atomic E-state index is 10.6. The van der Waals surface area contributed by atoms with Crippen LogP contribution in [0.1, 0.15) is 12.8 Å². The molecule has 0 bridgehead atoms. The second kappa shape index (κ2) is 3.91. The second-order valence-electron chi connectivity index (χ2n) is 2.89. The Bertz CT molecular complexity index is 345. The fourth-order valence-electron chi connectivity index (χ4n) is 1.30. The van der Waals surface area contributed by atoms with Crippen molar-refractivity contribution in [3.05, 3.63) is 44.9 Å². The van der Waals surface area contributed by atoms with E-state index in [0.29, 0.717) is 0 Å². The Balaban J connectivity index is 2.06. The summed E-state index contributed by atoms with van der Waals surface area (Å²) < 4.78 is 2.68. The first kappa shape index (κ1) is 8.73. The van der Waals surface area contributed by atoms with Crippen LogP contribution in [0.25, 0.3) is 0 Å². The van der Waals surface area contributed by atoms with Crippen LogP contribution < -0.4 is 0 Å². The molecule has 0 aliphatic heterocycles. The van der Waals surface area contributed by atoms with E-state index < -0.39 is 0 Å². The summed E-state index contributed by atoms with van der Waals surface area (Å²) in [6.07, 6.45) is 13.3. The Morgan fingerprint density at radius 3 is 2.92 bits per heavy atom. The first-order chi connectivity index (χ1) is 6.40. The molecule has 0 aromatic heterocycles. The van der Waals surface area contributed by atoms with Gasteiger partial charge >= 0.3 is 83.8 Å². The number of carbonyl (C=O) groups excluding carboxylic acids is 1. The van der Waals surface area contributed by atoms with Gasteiger partial charge in [-0.1, -0.05) is 0 Å². The molecule has 2 aliphatic rings. The van der Waals surface area contributed by atoms with Gasteiger partial charge in [0.25, 0.3) is 0 Å². The van der Waals surface area contributed by atoms with Crippen LogP contribution in [0.4, 0.5) is 0 Å². The van der Waals surface area contributed by atoms with Crippen molar-refractivity contribution in [2.45, 2.75) is 12.8 Å². The quantitative estimate of drug-likeness (QED) is 0.520. The summed E-state index contributed by atoms with van der Waals surface area (Å²) in [6, 6.07) is 0. The average Bonchev–Trinajstić information content (AvgIpc) is 2.76. The Labute approximate surface area is 84.1 Å². The molecule has 0 atom stereocenters. The molecule has 0 unspecified atom stereocenters. The zero-order valence-electron chi connectivity index (χ0n) is 7.14. The van der Waals surface area contributed by atoms with E-state index in [4.69, 9.17) is 0 Å². The van der Waals surface area contributed by atoms with Crippen molar-refractivity contribution in [1.82, 2.24) is 0 Å². The van der Waals surface area contributed by atoms with Gasteiger partial charge in [0.05, 0.1) is 0 Å². The molecule has 1 nitrogen and oxygen atoms in total. The predicted molar refractivity (Wildman–Crippen MR) is 48.7 cm³/mol. The summed E-state index contributed by atoms with van der Waals surface area (Å²) in [5.74, 6) is 0. The Morgan fingerprint density at radius 2 is 2.23 bits per heavy atom. The summed E-state index contributed by atoms with van der Waals surface area (Å²) >= 11 is 0.966. The number of hydrogen-bond acceptors (Lipinski definition) is 1. The summed E-state index contributed by atoms with van der Waals surface area (Å²) in [4.78, 5) is 10.6. The van der Waals surface area contributed by atoms with Gasteiger partial charge in [0, 0.05) is 0 Å². The van der Waals surface area contributed by atoms with Crippen molar-refractivity contribution in [3.8, 4) is 0 Å². The van der Waals surface area contributed by atoms with E-state index in [0.717, 1.165) is 39.7 Å². The van der Waals surface area contributed by atoms with Crippen molar-refractivity contribution in [3.63, 3.8) is 0 Å². The SMILES string of the molecule is O=CC1=[C]([Fe][C]2=CC=CC2)CC=C1. The summed E-state index contributed by atoms with van der Waals surface area (Å²) in [5.41, 5.74) is 0.882.